The van der Waals surface area contributed by atoms with E-state index in [1.54, 1.807) is 6.20 Å². The van der Waals surface area contributed by atoms with Crippen LogP contribution in [0.2, 0.25) is 0 Å². The summed E-state index contributed by atoms with van der Waals surface area (Å²) in [6.07, 6.45) is 7.37. The summed E-state index contributed by atoms with van der Waals surface area (Å²) in [5.41, 5.74) is 0.905. The smallest absolute Gasteiger partial charge is 0.223 e. The Bertz CT molecular complexity index is 755. The molecule has 0 radical (unpaired) electrons. The zero-order valence-electron chi connectivity index (χ0n) is 13.8. The predicted molar refractivity (Wildman–Crippen MR) is 94.6 cm³/mol. The van der Waals surface area contributed by atoms with Gasteiger partial charge in [0.05, 0.1) is 12.1 Å². The average molecular weight is 322 g/mol. The van der Waals surface area contributed by atoms with Crippen molar-refractivity contribution in [2.75, 3.05) is 13.2 Å². The van der Waals surface area contributed by atoms with Crippen LogP contribution < -0.4 is 10.1 Å². The number of amides is 1. The van der Waals surface area contributed by atoms with Crippen LogP contribution in [-0.4, -0.2) is 24.0 Å². The van der Waals surface area contributed by atoms with Crippen LogP contribution in [0.5, 0.6) is 5.75 Å². The predicted octanol–water partition coefficient (Wildman–Crippen LogP) is 3.31. The summed E-state index contributed by atoms with van der Waals surface area (Å²) in [7, 11) is 0. The molecular weight excluding hydrogens is 300 g/mol. The van der Waals surface area contributed by atoms with E-state index in [1.807, 2.05) is 30.3 Å². The normalized spacial score (nSPS) is 14.7. The monoisotopic (exact) mass is 322 g/mol. The summed E-state index contributed by atoms with van der Waals surface area (Å²) in [5, 5.41) is 3.98. The van der Waals surface area contributed by atoms with E-state index in [4.69, 9.17) is 4.74 Å². The highest BCUT2D eigenvalue weighted by Crippen LogP contribution is 2.23. The Hall–Kier alpha value is -2.54. The van der Waals surface area contributed by atoms with E-state index in [0.717, 1.165) is 42.3 Å². The lowest BCUT2D eigenvalue weighted by Crippen LogP contribution is -2.32. The maximum absolute atomic E-state index is 12.0. The number of aromatic nitrogens is 1. The molecule has 0 unspecified atom stereocenters. The van der Waals surface area contributed by atoms with E-state index in [1.165, 1.54) is 6.42 Å². The highest BCUT2D eigenvalue weighted by Gasteiger charge is 2.19. The van der Waals surface area contributed by atoms with Gasteiger partial charge in [-0.05, 0) is 31.0 Å². The van der Waals surface area contributed by atoms with Crippen LogP contribution in [0.3, 0.4) is 0 Å². The number of hydrogen-bond acceptors (Lipinski definition) is 3. The largest absolute Gasteiger partial charge is 0.481 e. The standard InChI is InChI=1S/C20H22N2O2/c23-20(17-7-2-1-3-8-17)22-12-4-5-14-24-18-11-10-16-9-6-13-21-19(16)15-18/h6,9-11,13,15,17H,1-3,7-8,12,14H2,(H,22,23). The van der Waals surface area contributed by atoms with Crippen LogP contribution >= 0.6 is 0 Å². The molecule has 0 saturated heterocycles. The van der Waals surface area contributed by atoms with Crippen LogP contribution in [0.15, 0.2) is 36.5 Å². The van der Waals surface area contributed by atoms with Gasteiger partial charge in [-0.25, -0.2) is 0 Å². The Balaban J connectivity index is 1.41. The molecule has 4 nitrogen and oxygen atoms in total. The van der Waals surface area contributed by atoms with Gasteiger partial charge in [-0.15, -0.1) is 0 Å². The quantitative estimate of drug-likeness (QED) is 0.879. The molecule has 3 rings (SSSR count). The molecule has 0 atom stereocenters. The third kappa shape index (κ3) is 4.48. The van der Waals surface area contributed by atoms with Crippen LogP contribution in [0.4, 0.5) is 0 Å². The van der Waals surface area contributed by atoms with E-state index in [9.17, 15) is 4.79 Å². The number of hydrogen-bond donors (Lipinski definition) is 1. The first-order valence-electron chi connectivity index (χ1n) is 8.54. The minimum atomic E-state index is 0.144. The van der Waals surface area contributed by atoms with E-state index >= 15 is 0 Å². The first-order valence-corrected chi connectivity index (χ1v) is 8.54. The molecule has 1 aliphatic carbocycles. The highest BCUT2D eigenvalue weighted by atomic mass is 16.5. The Morgan fingerprint density at radius 2 is 2.08 bits per heavy atom. The van der Waals surface area contributed by atoms with Crippen molar-refractivity contribution in [2.45, 2.75) is 32.1 Å². The number of fused-ring (bicyclic) bond motifs is 1. The van der Waals surface area contributed by atoms with E-state index in [-0.39, 0.29) is 11.8 Å². The first kappa shape index (κ1) is 16.3. The molecule has 1 saturated carbocycles. The van der Waals surface area contributed by atoms with Gasteiger partial charge in [0.2, 0.25) is 5.91 Å². The number of pyridine rings is 1. The molecule has 2 aromatic rings. The SMILES string of the molecule is O=C(NCC#CCOc1ccc2cccnc2c1)C1CCCCC1. The van der Waals surface area contributed by atoms with Gasteiger partial charge in [-0.3, -0.25) is 9.78 Å². The number of nitrogens with zero attached hydrogens (tertiary/aromatic N) is 1. The van der Waals surface area contributed by atoms with E-state index in [2.05, 4.69) is 22.1 Å². The lowest BCUT2D eigenvalue weighted by Gasteiger charge is -2.19. The Morgan fingerprint density at radius 3 is 2.96 bits per heavy atom. The topological polar surface area (TPSA) is 51.2 Å². The highest BCUT2D eigenvalue weighted by molar-refractivity contribution is 5.79. The molecule has 124 valence electrons. The fraction of sp³-hybridized carbons (Fsp3) is 0.400. The molecule has 1 aromatic carbocycles. The Kier molecular flexibility index (Phi) is 5.68. The van der Waals surface area contributed by atoms with Crippen molar-refractivity contribution in [2.24, 2.45) is 5.92 Å². The molecule has 1 heterocycles. The fourth-order valence-electron chi connectivity index (χ4n) is 3.01. The summed E-state index contributed by atoms with van der Waals surface area (Å²) in [6, 6.07) is 9.73. The Labute approximate surface area is 142 Å². The summed E-state index contributed by atoms with van der Waals surface area (Å²) in [4.78, 5) is 16.3. The van der Waals surface area contributed by atoms with Crippen molar-refractivity contribution in [3.05, 3.63) is 36.5 Å². The molecule has 1 amide bonds. The van der Waals surface area contributed by atoms with Crippen LogP contribution in [0, 0.1) is 17.8 Å². The summed E-state index contributed by atoms with van der Waals surface area (Å²) in [6.45, 7) is 0.690. The van der Waals surface area contributed by atoms with Crippen LogP contribution in [-0.2, 0) is 4.79 Å². The molecule has 1 aromatic heterocycles. The average Bonchev–Trinajstić information content (AvgIpc) is 2.65. The maximum Gasteiger partial charge on any atom is 0.223 e. The third-order valence-corrected chi connectivity index (χ3v) is 4.34. The van der Waals surface area contributed by atoms with Gasteiger partial charge >= 0.3 is 0 Å². The lowest BCUT2D eigenvalue weighted by molar-refractivity contribution is -0.125. The number of carbonyl (C=O) groups excluding carboxylic acids is 1. The number of carbonyl (C=O) groups is 1. The maximum atomic E-state index is 12.0. The third-order valence-electron chi connectivity index (χ3n) is 4.34. The van der Waals surface area contributed by atoms with Crippen molar-refractivity contribution in [3.63, 3.8) is 0 Å². The molecular formula is C20H22N2O2. The molecule has 24 heavy (non-hydrogen) atoms. The van der Waals surface area contributed by atoms with Crippen molar-refractivity contribution < 1.29 is 9.53 Å². The van der Waals surface area contributed by atoms with Gasteiger partial charge in [0, 0.05) is 23.6 Å². The van der Waals surface area contributed by atoms with Crippen molar-refractivity contribution in [1.82, 2.24) is 10.3 Å². The number of nitrogens with one attached hydrogen (secondary N) is 1. The summed E-state index contributed by atoms with van der Waals surface area (Å²) < 4.78 is 5.61. The summed E-state index contributed by atoms with van der Waals surface area (Å²) in [5.74, 6) is 6.95. The second-order valence-electron chi connectivity index (χ2n) is 6.05. The molecule has 0 aliphatic heterocycles. The molecule has 0 bridgehead atoms. The fourth-order valence-corrected chi connectivity index (χ4v) is 3.01. The van der Waals surface area contributed by atoms with E-state index < -0.39 is 0 Å². The van der Waals surface area contributed by atoms with Crippen molar-refractivity contribution in [1.29, 1.82) is 0 Å². The molecule has 1 fully saturated rings. The van der Waals surface area contributed by atoms with Gasteiger partial charge in [0.15, 0.2) is 0 Å². The number of ether oxygens (including phenoxy) is 1. The molecule has 4 heteroatoms. The second kappa shape index (κ2) is 8.35. The zero-order chi connectivity index (χ0) is 16.6. The van der Waals surface area contributed by atoms with Gasteiger partial charge in [0.1, 0.15) is 12.4 Å². The molecule has 1 N–H and O–H groups in total. The molecule has 0 spiro atoms. The van der Waals surface area contributed by atoms with Gasteiger partial charge in [-0.2, -0.15) is 0 Å². The minimum Gasteiger partial charge on any atom is -0.481 e. The number of benzene rings is 1. The van der Waals surface area contributed by atoms with Crippen molar-refractivity contribution in [3.8, 4) is 17.6 Å². The zero-order valence-corrected chi connectivity index (χ0v) is 13.8. The van der Waals surface area contributed by atoms with Gasteiger partial charge in [0.25, 0.3) is 0 Å². The molecule has 1 aliphatic rings. The minimum absolute atomic E-state index is 0.144. The van der Waals surface area contributed by atoms with Crippen LogP contribution in [0.1, 0.15) is 32.1 Å². The first-order chi connectivity index (χ1) is 11.8. The van der Waals surface area contributed by atoms with Gasteiger partial charge < -0.3 is 10.1 Å². The van der Waals surface area contributed by atoms with Crippen LogP contribution in [0.25, 0.3) is 10.9 Å². The van der Waals surface area contributed by atoms with E-state index in [0.29, 0.717) is 13.2 Å². The Morgan fingerprint density at radius 1 is 1.21 bits per heavy atom. The summed E-state index contributed by atoms with van der Waals surface area (Å²) >= 11 is 0. The second-order valence-corrected chi connectivity index (χ2v) is 6.05. The number of rotatable bonds is 4. The van der Waals surface area contributed by atoms with Crippen molar-refractivity contribution >= 4 is 16.8 Å². The lowest BCUT2D eigenvalue weighted by atomic mass is 9.89. The van der Waals surface area contributed by atoms with Gasteiger partial charge in [-0.1, -0.05) is 37.2 Å².